The number of thiophene rings is 1. The zero-order chi connectivity index (χ0) is 18.3. The fraction of sp³-hybridized carbons (Fsp3) is 0.389. The molecule has 2 aliphatic rings. The molecule has 0 N–H and O–H groups in total. The van der Waals surface area contributed by atoms with Gasteiger partial charge in [0, 0.05) is 51.0 Å². The number of fused-ring (bicyclic) bond motifs is 1. The maximum atomic E-state index is 12.6. The summed E-state index contributed by atoms with van der Waals surface area (Å²) in [5.74, 6) is 0.151. The van der Waals surface area contributed by atoms with Crippen LogP contribution in [0.3, 0.4) is 0 Å². The third-order valence-electron chi connectivity index (χ3n) is 5.10. The molecule has 8 heteroatoms. The van der Waals surface area contributed by atoms with Gasteiger partial charge in [0.15, 0.2) is 0 Å². The SMILES string of the molecule is CN1C(=O)CCc2cc(N3CCN(S(=O)(=O)c4cccs4)CC3)ccc21. The molecule has 2 aliphatic heterocycles. The summed E-state index contributed by atoms with van der Waals surface area (Å²) in [7, 11) is -1.56. The third kappa shape index (κ3) is 3.02. The molecule has 1 aromatic carbocycles. The van der Waals surface area contributed by atoms with Gasteiger partial charge in [0.05, 0.1) is 0 Å². The van der Waals surface area contributed by atoms with E-state index >= 15 is 0 Å². The van der Waals surface area contributed by atoms with Gasteiger partial charge in [-0.3, -0.25) is 4.79 Å². The minimum atomic E-state index is -3.37. The molecule has 1 amide bonds. The van der Waals surface area contributed by atoms with Gasteiger partial charge in [0.1, 0.15) is 4.21 Å². The number of hydrogen-bond donors (Lipinski definition) is 0. The van der Waals surface area contributed by atoms with Crippen LogP contribution in [0.5, 0.6) is 0 Å². The Bertz CT molecular complexity index is 917. The molecule has 2 aromatic rings. The summed E-state index contributed by atoms with van der Waals surface area (Å²) in [6.45, 7) is 2.29. The van der Waals surface area contributed by atoms with Crippen molar-refractivity contribution in [2.75, 3.05) is 43.0 Å². The van der Waals surface area contributed by atoms with Crippen LogP contribution in [0.15, 0.2) is 39.9 Å². The molecule has 26 heavy (non-hydrogen) atoms. The van der Waals surface area contributed by atoms with Crippen molar-refractivity contribution in [3.63, 3.8) is 0 Å². The van der Waals surface area contributed by atoms with Gasteiger partial charge in [-0.05, 0) is 41.6 Å². The highest BCUT2D eigenvalue weighted by atomic mass is 32.2. The van der Waals surface area contributed by atoms with Gasteiger partial charge in [0.2, 0.25) is 5.91 Å². The monoisotopic (exact) mass is 391 g/mol. The molecule has 0 radical (unpaired) electrons. The quantitative estimate of drug-likeness (QED) is 0.805. The predicted molar refractivity (Wildman–Crippen MR) is 103 cm³/mol. The average molecular weight is 392 g/mol. The van der Waals surface area contributed by atoms with E-state index in [1.165, 1.54) is 16.9 Å². The van der Waals surface area contributed by atoms with Gasteiger partial charge in [-0.1, -0.05) is 6.07 Å². The number of piperazine rings is 1. The smallest absolute Gasteiger partial charge is 0.252 e. The van der Waals surface area contributed by atoms with Crippen molar-refractivity contribution in [2.24, 2.45) is 0 Å². The molecule has 0 bridgehead atoms. The van der Waals surface area contributed by atoms with E-state index in [2.05, 4.69) is 11.0 Å². The van der Waals surface area contributed by atoms with Crippen molar-refractivity contribution in [3.8, 4) is 0 Å². The standard InChI is InChI=1S/C18H21N3O3S2/c1-19-16-6-5-15(13-14(16)4-7-17(19)22)20-8-10-21(11-9-20)26(23,24)18-3-2-12-25-18/h2-3,5-6,12-13H,4,7-11H2,1H3. The second kappa shape index (κ2) is 6.68. The highest BCUT2D eigenvalue weighted by Gasteiger charge is 2.30. The minimum absolute atomic E-state index is 0.151. The van der Waals surface area contributed by atoms with Crippen LogP contribution in [0.25, 0.3) is 0 Å². The van der Waals surface area contributed by atoms with Crippen LogP contribution in [0, 0.1) is 0 Å². The first-order valence-corrected chi connectivity index (χ1v) is 11.0. The molecule has 1 aromatic heterocycles. The van der Waals surface area contributed by atoms with Crippen LogP contribution in [0.2, 0.25) is 0 Å². The van der Waals surface area contributed by atoms with Crippen molar-refractivity contribution >= 4 is 38.6 Å². The van der Waals surface area contributed by atoms with Crippen molar-refractivity contribution in [3.05, 3.63) is 41.3 Å². The van der Waals surface area contributed by atoms with Gasteiger partial charge >= 0.3 is 0 Å². The maximum Gasteiger partial charge on any atom is 0.252 e. The Kier molecular flexibility index (Phi) is 4.50. The van der Waals surface area contributed by atoms with E-state index in [9.17, 15) is 13.2 Å². The number of carbonyl (C=O) groups excluding carboxylic acids is 1. The Hall–Kier alpha value is -1.90. The number of aryl methyl sites for hydroxylation is 1. The lowest BCUT2D eigenvalue weighted by molar-refractivity contribution is -0.118. The van der Waals surface area contributed by atoms with Crippen LogP contribution in [-0.4, -0.2) is 51.9 Å². The summed E-state index contributed by atoms with van der Waals surface area (Å²) < 4.78 is 27.2. The third-order valence-corrected chi connectivity index (χ3v) is 8.37. The largest absolute Gasteiger partial charge is 0.369 e. The predicted octanol–water partition coefficient (Wildman–Crippen LogP) is 2.17. The Labute approximate surface area is 157 Å². The molecule has 0 spiro atoms. The summed E-state index contributed by atoms with van der Waals surface area (Å²) in [5, 5.41) is 1.79. The average Bonchev–Trinajstić information content (AvgIpc) is 3.20. The number of anilines is 2. The van der Waals surface area contributed by atoms with E-state index in [1.807, 2.05) is 19.2 Å². The topological polar surface area (TPSA) is 60.9 Å². The molecule has 138 valence electrons. The molecule has 0 atom stereocenters. The van der Waals surface area contributed by atoms with Crippen LogP contribution < -0.4 is 9.80 Å². The second-order valence-electron chi connectivity index (χ2n) is 6.59. The molecule has 0 aliphatic carbocycles. The lowest BCUT2D eigenvalue weighted by Crippen LogP contribution is -2.48. The normalized spacial score (nSPS) is 18.9. The molecule has 6 nitrogen and oxygen atoms in total. The number of hydrogen-bond acceptors (Lipinski definition) is 5. The maximum absolute atomic E-state index is 12.6. The van der Waals surface area contributed by atoms with E-state index in [-0.39, 0.29) is 5.91 Å². The summed E-state index contributed by atoms with van der Waals surface area (Å²) in [5.41, 5.74) is 3.25. The highest BCUT2D eigenvalue weighted by molar-refractivity contribution is 7.91. The molecule has 0 unspecified atom stereocenters. The van der Waals surface area contributed by atoms with Crippen LogP contribution in [0.1, 0.15) is 12.0 Å². The first kappa shape index (κ1) is 17.5. The summed E-state index contributed by atoms with van der Waals surface area (Å²) in [4.78, 5) is 15.8. The van der Waals surface area contributed by atoms with Crippen LogP contribution >= 0.6 is 11.3 Å². The van der Waals surface area contributed by atoms with Crippen molar-refractivity contribution in [2.45, 2.75) is 17.1 Å². The van der Waals surface area contributed by atoms with Gasteiger partial charge < -0.3 is 9.80 Å². The molecule has 4 rings (SSSR count). The summed E-state index contributed by atoms with van der Waals surface area (Å²) in [6, 6.07) is 9.59. The van der Waals surface area contributed by atoms with Gasteiger partial charge in [0.25, 0.3) is 10.0 Å². The number of sulfonamides is 1. The van der Waals surface area contributed by atoms with Crippen LogP contribution in [0.4, 0.5) is 11.4 Å². The van der Waals surface area contributed by atoms with E-state index < -0.39 is 10.0 Å². The Balaban J connectivity index is 1.48. The fourth-order valence-electron chi connectivity index (χ4n) is 3.56. The van der Waals surface area contributed by atoms with E-state index in [0.717, 1.165) is 17.8 Å². The molecule has 1 saturated heterocycles. The first-order chi connectivity index (χ1) is 12.5. The van der Waals surface area contributed by atoms with Crippen LogP contribution in [-0.2, 0) is 21.2 Å². The lowest BCUT2D eigenvalue weighted by atomic mass is 10.0. The van der Waals surface area contributed by atoms with Gasteiger partial charge in [-0.25, -0.2) is 8.42 Å². The second-order valence-corrected chi connectivity index (χ2v) is 9.70. The molecule has 3 heterocycles. The number of rotatable bonds is 3. The number of carbonyl (C=O) groups is 1. The fourth-order valence-corrected chi connectivity index (χ4v) is 6.13. The molecule has 1 fully saturated rings. The Morgan fingerprint density at radius 1 is 1.04 bits per heavy atom. The first-order valence-electron chi connectivity index (χ1n) is 8.65. The van der Waals surface area contributed by atoms with Gasteiger partial charge in [-0.2, -0.15) is 4.31 Å². The zero-order valence-corrected chi connectivity index (χ0v) is 16.2. The summed E-state index contributed by atoms with van der Waals surface area (Å²) >= 11 is 1.26. The van der Waals surface area contributed by atoms with E-state index in [4.69, 9.17) is 0 Å². The van der Waals surface area contributed by atoms with Crippen molar-refractivity contribution in [1.29, 1.82) is 0 Å². The van der Waals surface area contributed by atoms with Gasteiger partial charge in [-0.15, -0.1) is 11.3 Å². The number of nitrogens with zero attached hydrogens (tertiary/aromatic N) is 3. The lowest BCUT2D eigenvalue weighted by Gasteiger charge is -2.36. The van der Waals surface area contributed by atoms with Crippen molar-refractivity contribution in [1.82, 2.24) is 4.31 Å². The Morgan fingerprint density at radius 3 is 2.50 bits per heavy atom. The molecular weight excluding hydrogens is 370 g/mol. The van der Waals surface area contributed by atoms with E-state index in [1.54, 1.807) is 26.7 Å². The van der Waals surface area contributed by atoms with Crippen molar-refractivity contribution < 1.29 is 13.2 Å². The number of amides is 1. The molecule has 0 saturated carbocycles. The Morgan fingerprint density at radius 2 is 1.81 bits per heavy atom. The molecular formula is C18H21N3O3S2. The minimum Gasteiger partial charge on any atom is -0.369 e. The highest BCUT2D eigenvalue weighted by Crippen LogP contribution is 2.31. The zero-order valence-electron chi connectivity index (χ0n) is 14.6. The van der Waals surface area contributed by atoms with E-state index in [0.29, 0.717) is 36.8 Å². The number of benzene rings is 1. The summed E-state index contributed by atoms with van der Waals surface area (Å²) in [6.07, 6.45) is 1.30.